The van der Waals surface area contributed by atoms with Crippen LogP contribution in [0.5, 0.6) is 0 Å². The van der Waals surface area contributed by atoms with Crippen LogP contribution < -0.4 is 9.62 Å². The van der Waals surface area contributed by atoms with Crippen molar-refractivity contribution >= 4 is 21.6 Å². The van der Waals surface area contributed by atoms with Gasteiger partial charge in [0.05, 0.1) is 5.69 Å². The number of aromatic nitrogens is 1. The number of carbonyl (C=O) groups excluding carboxylic acids is 1. The fraction of sp³-hybridized carbons (Fsp3) is 0.389. The van der Waals surface area contributed by atoms with Crippen molar-refractivity contribution in [2.45, 2.75) is 31.1 Å². The largest absolute Gasteiger partial charge is 0.351 e. The predicted octanol–water partition coefficient (Wildman–Crippen LogP) is 2.31. The molecule has 2 heterocycles. The molecule has 0 radical (unpaired) electrons. The molecule has 1 N–H and O–H groups in total. The first-order valence-corrected chi connectivity index (χ1v) is 9.94. The molecular weight excluding hydrogens is 338 g/mol. The minimum Gasteiger partial charge on any atom is -0.351 e. The molecule has 0 saturated heterocycles. The van der Waals surface area contributed by atoms with Crippen LogP contribution in [0.25, 0.3) is 0 Å². The normalized spacial score (nSPS) is 13.8. The van der Waals surface area contributed by atoms with E-state index in [-0.39, 0.29) is 10.8 Å². The fourth-order valence-corrected chi connectivity index (χ4v) is 4.63. The zero-order valence-corrected chi connectivity index (χ0v) is 15.3. The summed E-state index contributed by atoms with van der Waals surface area (Å²) in [5.41, 5.74) is 2.10. The third-order valence-corrected chi connectivity index (χ3v) is 6.24. The Balaban J connectivity index is 1.87. The Morgan fingerprint density at radius 2 is 2.04 bits per heavy atom. The van der Waals surface area contributed by atoms with Gasteiger partial charge in [0.25, 0.3) is 15.9 Å². The number of rotatable bonds is 6. The standard InChI is InChI=1S/C18H23N3O3S/c1-3-4-10-19-18(22)17-12-15(13-20(17)2)25(23,24)21-11-9-14-7-5-6-8-16(14)21/h5-8,12-13H,3-4,9-11H2,1-2H3,(H,19,22). The van der Waals surface area contributed by atoms with Crippen molar-refractivity contribution in [1.82, 2.24) is 9.88 Å². The number of nitrogens with one attached hydrogen (secondary N) is 1. The predicted molar refractivity (Wildman–Crippen MR) is 97.3 cm³/mol. The smallest absolute Gasteiger partial charge is 0.267 e. The van der Waals surface area contributed by atoms with E-state index in [9.17, 15) is 13.2 Å². The molecule has 1 aliphatic heterocycles. The van der Waals surface area contributed by atoms with Crippen LogP contribution in [0.3, 0.4) is 0 Å². The van der Waals surface area contributed by atoms with E-state index in [1.807, 2.05) is 31.2 Å². The molecule has 0 fully saturated rings. The maximum Gasteiger partial charge on any atom is 0.267 e. The summed E-state index contributed by atoms with van der Waals surface area (Å²) in [5, 5.41) is 2.82. The highest BCUT2D eigenvalue weighted by atomic mass is 32.2. The average Bonchev–Trinajstić information content (AvgIpc) is 3.19. The van der Waals surface area contributed by atoms with Crippen molar-refractivity contribution in [2.75, 3.05) is 17.4 Å². The number of nitrogens with zero attached hydrogens (tertiary/aromatic N) is 2. The van der Waals surface area contributed by atoms with Crippen LogP contribution in [0.2, 0.25) is 0 Å². The van der Waals surface area contributed by atoms with Gasteiger partial charge in [0.15, 0.2) is 0 Å². The quantitative estimate of drug-likeness (QED) is 0.803. The number of anilines is 1. The number of para-hydroxylation sites is 1. The number of hydrogen-bond donors (Lipinski definition) is 1. The first-order valence-electron chi connectivity index (χ1n) is 8.50. The van der Waals surface area contributed by atoms with E-state index in [2.05, 4.69) is 5.32 Å². The second kappa shape index (κ2) is 6.92. The minimum absolute atomic E-state index is 0.146. The van der Waals surface area contributed by atoms with Crippen LogP contribution in [-0.4, -0.2) is 32.0 Å². The topological polar surface area (TPSA) is 71.4 Å². The average molecular weight is 361 g/mol. The lowest BCUT2D eigenvalue weighted by atomic mass is 10.2. The van der Waals surface area contributed by atoms with Crippen LogP contribution in [0.1, 0.15) is 35.8 Å². The number of fused-ring (bicyclic) bond motifs is 1. The molecule has 3 rings (SSSR count). The van der Waals surface area contributed by atoms with Gasteiger partial charge in [-0.3, -0.25) is 9.10 Å². The Kier molecular flexibility index (Phi) is 4.85. The number of aryl methyl sites for hydroxylation is 1. The lowest BCUT2D eigenvalue weighted by Gasteiger charge is -2.18. The van der Waals surface area contributed by atoms with Crippen molar-refractivity contribution < 1.29 is 13.2 Å². The Bertz CT molecular complexity index is 887. The molecule has 0 bridgehead atoms. The number of unbranched alkanes of at least 4 members (excludes halogenated alkanes) is 1. The van der Waals surface area contributed by atoms with Crippen LogP contribution in [-0.2, 0) is 23.5 Å². The minimum atomic E-state index is -3.68. The molecule has 0 unspecified atom stereocenters. The zero-order chi connectivity index (χ0) is 18.0. The first kappa shape index (κ1) is 17.5. The van der Waals surface area contributed by atoms with Gasteiger partial charge in [-0.25, -0.2) is 8.42 Å². The van der Waals surface area contributed by atoms with Crippen LogP contribution in [0.15, 0.2) is 41.4 Å². The number of carbonyl (C=O) groups is 1. The van der Waals surface area contributed by atoms with Crippen molar-refractivity contribution in [2.24, 2.45) is 7.05 Å². The highest BCUT2D eigenvalue weighted by Gasteiger charge is 2.32. The Hall–Kier alpha value is -2.28. The van der Waals surface area contributed by atoms with Gasteiger partial charge in [0.2, 0.25) is 0 Å². The summed E-state index contributed by atoms with van der Waals surface area (Å²) in [6, 6.07) is 8.97. The van der Waals surface area contributed by atoms with Gasteiger partial charge in [0.1, 0.15) is 10.6 Å². The summed E-state index contributed by atoms with van der Waals surface area (Å²) in [7, 11) is -1.99. The van der Waals surface area contributed by atoms with Gasteiger partial charge in [-0.05, 0) is 30.5 Å². The summed E-state index contributed by atoms with van der Waals surface area (Å²) in [5.74, 6) is -0.251. The van der Waals surface area contributed by atoms with E-state index in [4.69, 9.17) is 0 Å². The second-order valence-corrected chi connectivity index (χ2v) is 8.10. The molecular formula is C18H23N3O3S. The van der Waals surface area contributed by atoms with E-state index in [0.717, 1.165) is 24.1 Å². The number of amides is 1. The first-order chi connectivity index (χ1) is 11.9. The van der Waals surface area contributed by atoms with Crippen molar-refractivity contribution in [3.63, 3.8) is 0 Å². The van der Waals surface area contributed by atoms with Crippen LogP contribution in [0.4, 0.5) is 5.69 Å². The van der Waals surface area contributed by atoms with Gasteiger partial charge < -0.3 is 9.88 Å². The number of hydrogen-bond acceptors (Lipinski definition) is 3. The van der Waals surface area contributed by atoms with Gasteiger partial charge in [-0.15, -0.1) is 0 Å². The molecule has 1 aliphatic rings. The van der Waals surface area contributed by atoms with Crippen molar-refractivity contribution in [3.05, 3.63) is 47.8 Å². The fourth-order valence-electron chi connectivity index (χ4n) is 3.06. The Labute approximate surface area is 148 Å². The second-order valence-electron chi connectivity index (χ2n) is 6.24. The summed E-state index contributed by atoms with van der Waals surface area (Å²) >= 11 is 0. The van der Waals surface area contributed by atoms with Crippen LogP contribution in [0, 0.1) is 0 Å². The zero-order valence-electron chi connectivity index (χ0n) is 14.5. The third kappa shape index (κ3) is 3.28. The monoisotopic (exact) mass is 361 g/mol. The number of benzene rings is 1. The van der Waals surface area contributed by atoms with Crippen molar-refractivity contribution in [3.8, 4) is 0 Å². The Morgan fingerprint density at radius 1 is 1.28 bits per heavy atom. The summed E-state index contributed by atoms with van der Waals surface area (Å²) in [4.78, 5) is 12.4. The molecule has 1 aromatic heterocycles. The van der Waals surface area contributed by atoms with Gasteiger partial charge >= 0.3 is 0 Å². The summed E-state index contributed by atoms with van der Waals surface area (Å²) < 4.78 is 29.0. The maximum absolute atomic E-state index is 13.0. The molecule has 0 spiro atoms. The molecule has 0 saturated carbocycles. The molecule has 2 aromatic rings. The highest BCUT2D eigenvalue weighted by molar-refractivity contribution is 7.92. The maximum atomic E-state index is 13.0. The lowest BCUT2D eigenvalue weighted by Crippen LogP contribution is -2.29. The lowest BCUT2D eigenvalue weighted by molar-refractivity contribution is 0.0945. The highest BCUT2D eigenvalue weighted by Crippen LogP contribution is 2.33. The van der Waals surface area contributed by atoms with E-state index in [1.165, 1.54) is 16.6 Å². The Morgan fingerprint density at radius 3 is 2.80 bits per heavy atom. The molecule has 0 aliphatic carbocycles. The van der Waals surface area contributed by atoms with E-state index in [1.54, 1.807) is 11.6 Å². The van der Waals surface area contributed by atoms with Gasteiger partial charge in [-0.1, -0.05) is 31.5 Å². The molecule has 1 amide bonds. The molecule has 0 atom stereocenters. The molecule has 25 heavy (non-hydrogen) atoms. The SMILES string of the molecule is CCCCNC(=O)c1cc(S(=O)(=O)N2CCc3ccccc32)cn1C. The molecule has 1 aromatic carbocycles. The molecule has 134 valence electrons. The van der Waals surface area contributed by atoms with Crippen LogP contribution >= 0.6 is 0 Å². The van der Waals surface area contributed by atoms with Crippen molar-refractivity contribution in [1.29, 1.82) is 0 Å². The van der Waals surface area contributed by atoms with E-state index < -0.39 is 10.0 Å². The van der Waals surface area contributed by atoms with Gasteiger partial charge in [0, 0.05) is 26.3 Å². The third-order valence-electron chi connectivity index (χ3n) is 4.46. The summed E-state index contributed by atoms with van der Waals surface area (Å²) in [6.45, 7) is 3.06. The van der Waals surface area contributed by atoms with E-state index >= 15 is 0 Å². The summed E-state index contributed by atoms with van der Waals surface area (Å²) in [6.07, 6.45) is 4.09. The molecule has 7 heteroatoms. The molecule has 6 nitrogen and oxygen atoms in total. The number of sulfonamides is 1. The van der Waals surface area contributed by atoms with Gasteiger partial charge in [-0.2, -0.15) is 0 Å². The van der Waals surface area contributed by atoms with E-state index in [0.29, 0.717) is 25.2 Å².